The number of likely N-dealkylation sites (tertiary alicyclic amines) is 1. The lowest BCUT2D eigenvalue weighted by atomic mass is 9.79. The van der Waals surface area contributed by atoms with Crippen LogP contribution in [0.1, 0.15) is 92.1 Å². The second kappa shape index (κ2) is 17.3. The van der Waals surface area contributed by atoms with Crippen LogP contribution in [0.2, 0.25) is 0 Å². The topological polar surface area (TPSA) is 177 Å². The molecule has 268 valence electrons. The number of carbonyl (C=O) groups excluding carboxylic acids is 3. The van der Waals surface area contributed by atoms with Gasteiger partial charge >= 0.3 is 6.09 Å². The minimum Gasteiger partial charge on any atom is -0.465 e. The van der Waals surface area contributed by atoms with Gasteiger partial charge in [0.05, 0.1) is 12.0 Å². The average Bonchev–Trinajstić information content (AvgIpc) is 3.49. The molecule has 1 aromatic rings. The zero-order valence-electron chi connectivity index (χ0n) is 29.6. The number of nitrogens with zero attached hydrogens (tertiary/aromatic N) is 2. The van der Waals surface area contributed by atoms with E-state index in [4.69, 9.17) is 5.73 Å². The van der Waals surface area contributed by atoms with Crippen molar-refractivity contribution in [2.75, 3.05) is 13.1 Å². The summed E-state index contributed by atoms with van der Waals surface area (Å²) in [5.41, 5.74) is 5.63. The van der Waals surface area contributed by atoms with Crippen LogP contribution in [0, 0.1) is 11.8 Å². The molecule has 4 amide bonds. The van der Waals surface area contributed by atoms with E-state index >= 15 is 0 Å². The molecular weight excluding hydrogens is 612 g/mol. The van der Waals surface area contributed by atoms with Gasteiger partial charge in [-0.1, -0.05) is 56.3 Å². The molecule has 2 aliphatic heterocycles. The molecule has 1 aromatic carbocycles. The number of carbonyl (C=O) groups is 4. The number of hydrogen-bond donors (Lipinski definition) is 6. The van der Waals surface area contributed by atoms with Crippen molar-refractivity contribution in [3.63, 3.8) is 0 Å². The van der Waals surface area contributed by atoms with E-state index in [9.17, 15) is 29.5 Å². The third-order valence-electron chi connectivity index (χ3n) is 9.38. The fourth-order valence-electron chi connectivity index (χ4n) is 7.28. The second-order valence-electron chi connectivity index (χ2n) is 15.1. The Bertz CT molecular complexity index is 1250. The number of hydroxylamine groups is 2. The summed E-state index contributed by atoms with van der Waals surface area (Å²) in [7, 11) is 0. The highest BCUT2D eigenvalue weighted by molar-refractivity contribution is 5.93. The highest BCUT2D eigenvalue weighted by Gasteiger charge is 2.46. The van der Waals surface area contributed by atoms with Crippen LogP contribution in [0.25, 0.3) is 0 Å². The maximum atomic E-state index is 14.2. The summed E-state index contributed by atoms with van der Waals surface area (Å²) in [6, 6.07) is 7.37. The minimum atomic E-state index is -1.13. The molecule has 2 saturated heterocycles. The van der Waals surface area contributed by atoms with Gasteiger partial charge in [0.2, 0.25) is 17.7 Å². The Hall–Kier alpha value is -3.48. The van der Waals surface area contributed by atoms with E-state index in [1.54, 1.807) is 17.1 Å². The molecule has 0 aliphatic carbocycles. The van der Waals surface area contributed by atoms with Crippen LogP contribution in [-0.4, -0.2) is 92.4 Å². The van der Waals surface area contributed by atoms with Crippen molar-refractivity contribution in [2.24, 2.45) is 17.6 Å². The molecule has 2 fully saturated rings. The summed E-state index contributed by atoms with van der Waals surface area (Å²) in [5.74, 6) is -1.29. The van der Waals surface area contributed by atoms with E-state index in [1.807, 2.05) is 71.9 Å². The minimum absolute atomic E-state index is 0.201. The highest BCUT2D eigenvalue weighted by atomic mass is 16.5. The monoisotopic (exact) mass is 670 g/mol. The van der Waals surface area contributed by atoms with Gasteiger partial charge in [-0.3, -0.25) is 14.4 Å². The first kappa shape index (κ1) is 39.0. The molecule has 4 atom stereocenters. The summed E-state index contributed by atoms with van der Waals surface area (Å²) < 4.78 is 0. The lowest BCUT2D eigenvalue weighted by Crippen LogP contribution is -2.64. The van der Waals surface area contributed by atoms with Gasteiger partial charge in [0.25, 0.3) is 0 Å². The first-order valence-corrected chi connectivity index (χ1v) is 17.4. The molecule has 48 heavy (non-hydrogen) atoms. The molecular formula is C36H58N6O6. The lowest BCUT2D eigenvalue weighted by molar-refractivity contribution is -0.246. The molecule has 12 heteroatoms. The van der Waals surface area contributed by atoms with E-state index < -0.39 is 41.2 Å². The number of nitrogens with one attached hydrogen (secondary N) is 3. The summed E-state index contributed by atoms with van der Waals surface area (Å²) >= 11 is 0. The number of hydrogen-bond acceptors (Lipinski definition) is 7. The summed E-state index contributed by atoms with van der Waals surface area (Å²) in [6.45, 7) is 12.5. The molecule has 2 aliphatic rings. The molecule has 0 aromatic heterocycles. The molecule has 0 saturated carbocycles. The molecule has 2 heterocycles. The van der Waals surface area contributed by atoms with Crippen molar-refractivity contribution < 1.29 is 29.5 Å². The van der Waals surface area contributed by atoms with Crippen molar-refractivity contribution in [3.8, 4) is 0 Å². The summed E-state index contributed by atoms with van der Waals surface area (Å²) in [5, 5.41) is 30.0. The van der Waals surface area contributed by atoms with Gasteiger partial charge < -0.3 is 36.9 Å². The summed E-state index contributed by atoms with van der Waals surface area (Å²) in [4.78, 5) is 54.7. The van der Waals surface area contributed by atoms with Gasteiger partial charge in [0.15, 0.2) is 0 Å². The maximum absolute atomic E-state index is 14.2. The Morgan fingerprint density at radius 1 is 1.02 bits per heavy atom. The quantitative estimate of drug-likeness (QED) is 0.153. The molecule has 3 rings (SSSR count). The van der Waals surface area contributed by atoms with Crippen molar-refractivity contribution in [1.82, 2.24) is 25.9 Å². The molecule has 0 spiro atoms. The Morgan fingerprint density at radius 2 is 1.67 bits per heavy atom. The average molecular weight is 671 g/mol. The van der Waals surface area contributed by atoms with E-state index in [2.05, 4.69) is 16.0 Å². The first-order valence-electron chi connectivity index (χ1n) is 17.4. The standard InChI is InChI=1S/C36H58N6O6/c1-24(2)20-27(39-34(46)47)17-16-26(21-25-12-8-7-9-13-25)33(45)41-19-11-15-30(41)32(44)40-29(14-10-18-37)31(43)38-28-22-35(3,4)42(48)36(5,6)23-28/h7-9,12-13,16-17,24,26-30,39,48H,10-11,14-15,18-23,37H2,1-6H3,(H,38,43)(H,40,44)(H,46,47)/b17-16+/t26-,27-,29?,30?/m1/s1. The van der Waals surface area contributed by atoms with Gasteiger partial charge in [-0.25, -0.2) is 4.79 Å². The normalized spacial score (nSPS) is 21.5. The van der Waals surface area contributed by atoms with Crippen molar-refractivity contribution in [3.05, 3.63) is 48.0 Å². The first-order chi connectivity index (χ1) is 22.5. The Kier molecular flexibility index (Phi) is 14.0. The van der Waals surface area contributed by atoms with Gasteiger partial charge in [0.1, 0.15) is 12.1 Å². The molecule has 7 N–H and O–H groups in total. The number of nitrogens with two attached hydrogens (primary N) is 1. The second-order valence-corrected chi connectivity index (χ2v) is 15.1. The van der Waals surface area contributed by atoms with Crippen LogP contribution in [-0.2, 0) is 20.8 Å². The largest absolute Gasteiger partial charge is 0.465 e. The van der Waals surface area contributed by atoms with Crippen LogP contribution >= 0.6 is 0 Å². The SMILES string of the molecule is CC(C)C[C@@H](/C=C/[C@H](Cc1ccccc1)C(=O)N1CCCC1C(=O)NC(CCCN)C(=O)NC1CC(C)(C)N(O)C(C)(C)C1)NC(=O)O. The predicted molar refractivity (Wildman–Crippen MR) is 185 cm³/mol. The van der Waals surface area contributed by atoms with Gasteiger partial charge in [-0.05, 0) is 97.1 Å². The van der Waals surface area contributed by atoms with E-state index in [0.717, 1.165) is 5.56 Å². The van der Waals surface area contributed by atoms with Crippen LogP contribution < -0.4 is 21.7 Å². The van der Waals surface area contributed by atoms with Crippen molar-refractivity contribution >= 4 is 23.8 Å². The predicted octanol–water partition coefficient (Wildman–Crippen LogP) is 3.83. The molecule has 12 nitrogen and oxygen atoms in total. The van der Waals surface area contributed by atoms with Crippen molar-refractivity contribution in [1.29, 1.82) is 0 Å². The van der Waals surface area contributed by atoms with Crippen LogP contribution in [0.4, 0.5) is 4.79 Å². The third kappa shape index (κ3) is 11.0. The Labute approximate surface area is 285 Å². The highest BCUT2D eigenvalue weighted by Crippen LogP contribution is 2.36. The van der Waals surface area contributed by atoms with Crippen molar-refractivity contribution in [2.45, 2.75) is 128 Å². The smallest absolute Gasteiger partial charge is 0.405 e. The third-order valence-corrected chi connectivity index (χ3v) is 9.38. The number of benzene rings is 1. The molecule has 0 radical (unpaired) electrons. The fraction of sp³-hybridized carbons (Fsp3) is 0.667. The number of carboxylic acid groups (broad SMARTS) is 1. The summed E-state index contributed by atoms with van der Waals surface area (Å²) in [6.07, 6.45) is 6.43. The molecule has 2 unspecified atom stereocenters. The van der Waals surface area contributed by atoms with E-state index in [-0.39, 0.29) is 29.7 Å². The van der Waals surface area contributed by atoms with Crippen LogP contribution in [0.15, 0.2) is 42.5 Å². The fourth-order valence-corrected chi connectivity index (χ4v) is 7.28. The van der Waals surface area contributed by atoms with Crippen LogP contribution in [0.5, 0.6) is 0 Å². The zero-order chi connectivity index (χ0) is 35.6. The van der Waals surface area contributed by atoms with Gasteiger partial charge in [0, 0.05) is 23.7 Å². The van der Waals surface area contributed by atoms with Crippen LogP contribution in [0.3, 0.4) is 0 Å². The van der Waals surface area contributed by atoms with E-state index in [1.165, 1.54) is 5.06 Å². The number of piperidine rings is 1. The number of amides is 4. The van der Waals surface area contributed by atoms with Gasteiger partial charge in [-0.15, -0.1) is 0 Å². The number of rotatable bonds is 15. The van der Waals surface area contributed by atoms with E-state index in [0.29, 0.717) is 64.5 Å². The zero-order valence-corrected chi connectivity index (χ0v) is 29.6. The Balaban J connectivity index is 1.78. The maximum Gasteiger partial charge on any atom is 0.405 e. The molecule has 0 bridgehead atoms. The Morgan fingerprint density at radius 3 is 2.25 bits per heavy atom. The van der Waals surface area contributed by atoms with Gasteiger partial charge in [-0.2, -0.15) is 5.06 Å². The lowest BCUT2D eigenvalue weighted by Gasteiger charge is -2.51.